The number of esters is 1. The molecule has 3 aromatic rings. The van der Waals surface area contributed by atoms with Crippen molar-refractivity contribution in [2.45, 2.75) is 32.4 Å². The number of carbonyl (C=O) groups excluding carboxylic acids is 1. The molecule has 1 aromatic carbocycles. The summed E-state index contributed by atoms with van der Waals surface area (Å²) in [6, 6.07) is 4.48. The predicted octanol–water partition coefficient (Wildman–Crippen LogP) is 1.93. The van der Waals surface area contributed by atoms with Gasteiger partial charge in [-0.15, -0.1) is 0 Å². The Morgan fingerprint density at radius 1 is 1.29 bits per heavy atom. The summed E-state index contributed by atoms with van der Waals surface area (Å²) in [6.07, 6.45) is 7.43. The zero-order valence-corrected chi connectivity index (χ0v) is 19.2. The van der Waals surface area contributed by atoms with Crippen LogP contribution in [0.5, 0.6) is 5.75 Å². The number of ether oxygens (including phenoxy) is 2. The molecule has 0 spiro atoms. The van der Waals surface area contributed by atoms with Crippen LogP contribution in [0.25, 0.3) is 0 Å². The molecule has 1 aliphatic heterocycles. The minimum absolute atomic E-state index is 0.0867. The molecule has 1 fully saturated rings. The molecule has 12 nitrogen and oxygen atoms in total. The standard InChI is InChI=1S/C22H26FN9O3/c1-2-34-21(33)15-10-25-22(26-11-15)31-7-5-18(6-8-31)32-29-12-17(30-32)13-35-20-4-3-16(9-19(20)23)27-14-28-24/h3-4,9-12,14,18H,2,5-8,13,24H2,1H3,(H,27,28). The van der Waals surface area contributed by atoms with Crippen molar-refractivity contribution >= 4 is 23.9 Å². The van der Waals surface area contributed by atoms with E-state index in [9.17, 15) is 9.18 Å². The molecule has 0 amide bonds. The molecule has 13 heteroatoms. The molecule has 2 aromatic heterocycles. The van der Waals surface area contributed by atoms with Crippen LogP contribution in [0, 0.1) is 5.82 Å². The van der Waals surface area contributed by atoms with Crippen LogP contribution in [0.1, 0.15) is 41.9 Å². The average molecular weight is 484 g/mol. The fraction of sp³-hybridized carbons (Fsp3) is 0.364. The Hall–Kier alpha value is -4.13. The van der Waals surface area contributed by atoms with E-state index in [0.717, 1.165) is 25.9 Å². The van der Waals surface area contributed by atoms with Gasteiger partial charge in [0.05, 0.1) is 30.1 Å². The highest BCUT2D eigenvalue weighted by Crippen LogP contribution is 2.25. The second-order valence-electron chi connectivity index (χ2n) is 7.69. The van der Waals surface area contributed by atoms with Crippen molar-refractivity contribution in [3.05, 3.63) is 53.9 Å². The molecular formula is C22H26FN9O3. The molecule has 0 radical (unpaired) electrons. The highest BCUT2D eigenvalue weighted by atomic mass is 19.1. The fourth-order valence-electron chi connectivity index (χ4n) is 3.60. The molecule has 0 aliphatic carbocycles. The zero-order valence-electron chi connectivity index (χ0n) is 19.2. The number of carbonyl (C=O) groups is 1. The first-order chi connectivity index (χ1) is 17.1. The summed E-state index contributed by atoms with van der Waals surface area (Å²) in [7, 11) is 0. The van der Waals surface area contributed by atoms with E-state index in [2.05, 4.69) is 35.5 Å². The Balaban J connectivity index is 1.28. The first kappa shape index (κ1) is 24.0. The number of halogens is 1. The van der Waals surface area contributed by atoms with Gasteiger partial charge in [-0.2, -0.15) is 15.0 Å². The minimum atomic E-state index is -0.533. The van der Waals surface area contributed by atoms with E-state index in [-0.39, 0.29) is 18.4 Å². The third-order valence-corrected chi connectivity index (χ3v) is 5.36. The topological polar surface area (TPSA) is 146 Å². The normalized spacial score (nSPS) is 14.3. The second kappa shape index (κ2) is 11.3. The summed E-state index contributed by atoms with van der Waals surface area (Å²) in [5.74, 6) is 4.81. The Labute approximate surface area is 200 Å². The van der Waals surface area contributed by atoms with Crippen LogP contribution < -0.4 is 20.9 Å². The number of nitrogens with two attached hydrogens (primary N) is 1. The van der Waals surface area contributed by atoms with Crippen molar-refractivity contribution in [2.24, 2.45) is 10.8 Å². The van der Waals surface area contributed by atoms with E-state index >= 15 is 0 Å². The van der Waals surface area contributed by atoms with E-state index in [1.807, 2.05) is 0 Å². The van der Waals surface area contributed by atoms with Gasteiger partial charge < -0.3 is 19.8 Å². The van der Waals surface area contributed by atoms with Crippen molar-refractivity contribution in [1.29, 1.82) is 0 Å². The molecule has 4 rings (SSSR count). The summed E-state index contributed by atoms with van der Waals surface area (Å²) in [4.78, 5) is 28.0. The largest absolute Gasteiger partial charge is 0.484 e. The Bertz CT molecular complexity index is 1160. The monoisotopic (exact) mass is 483 g/mol. The summed E-state index contributed by atoms with van der Waals surface area (Å²) in [5, 5.41) is 8.86. The van der Waals surface area contributed by atoms with E-state index in [1.54, 1.807) is 24.0 Å². The number of benzene rings is 1. The number of rotatable bonds is 9. The molecule has 1 saturated heterocycles. The van der Waals surface area contributed by atoms with Crippen molar-refractivity contribution in [3.8, 4) is 5.75 Å². The van der Waals surface area contributed by atoms with Crippen molar-refractivity contribution in [3.63, 3.8) is 0 Å². The van der Waals surface area contributed by atoms with Gasteiger partial charge in [0.2, 0.25) is 5.95 Å². The Morgan fingerprint density at radius 2 is 2.06 bits per heavy atom. The molecule has 3 heterocycles. The first-order valence-corrected chi connectivity index (χ1v) is 11.1. The van der Waals surface area contributed by atoms with Gasteiger partial charge in [0.25, 0.3) is 0 Å². The van der Waals surface area contributed by atoms with Crippen molar-refractivity contribution in [1.82, 2.24) is 30.4 Å². The molecule has 35 heavy (non-hydrogen) atoms. The van der Waals surface area contributed by atoms with Gasteiger partial charge in [0, 0.05) is 31.5 Å². The number of hydrazine groups is 1. The highest BCUT2D eigenvalue weighted by Gasteiger charge is 2.24. The zero-order chi connectivity index (χ0) is 24.6. The maximum atomic E-state index is 14.2. The molecule has 0 atom stereocenters. The van der Waals surface area contributed by atoms with Gasteiger partial charge in [-0.05, 0) is 31.9 Å². The quantitative estimate of drug-likeness (QED) is 0.152. The lowest BCUT2D eigenvalue weighted by atomic mass is 10.1. The van der Waals surface area contributed by atoms with Crippen LogP contribution in [0.3, 0.4) is 0 Å². The summed E-state index contributed by atoms with van der Waals surface area (Å²) in [6.45, 7) is 3.58. The lowest BCUT2D eigenvalue weighted by molar-refractivity contribution is 0.0525. The third-order valence-electron chi connectivity index (χ3n) is 5.36. The fourth-order valence-corrected chi connectivity index (χ4v) is 3.60. The Morgan fingerprint density at radius 3 is 2.74 bits per heavy atom. The second-order valence-corrected chi connectivity index (χ2v) is 7.69. The van der Waals surface area contributed by atoms with Crippen LogP contribution in [-0.2, 0) is 11.3 Å². The summed E-state index contributed by atoms with van der Waals surface area (Å²) >= 11 is 0. The molecule has 184 valence electrons. The van der Waals surface area contributed by atoms with Gasteiger partial charge >= 0.3 is 5.97 Å². The maximum absolute atomic E-state index is 14.2. The molecule has 1 aliphatic rings. The lowest BCUT2D eigenvalue weighted by Crippen LogP contribution is -2.36. The third kappa shape index (κ3) is 6.06. The molecule has 0 unspecified atom stereocenters. The average Bonchev–Trinajstić information content (AvgIpc) is 3.36. The van der Waals surface area contributed by atoms with Gasteiger partial charge in [-0.3, -0.25) is 0 Å². The number of nitrogens with one attached hydrogen (secondary N) is 1. The minimum Gasteiger partial charge on any atom is -0.484 e. The smallest absolute Gasteiger partial charge is 0.341 e. The van der Waals surface area contributed by atoms with Crippen LogP contribution in [-0.4, -0.2) is 57.0 Å². The highest BCUT2D eigenvalue weighted by molar-refractivity contribution is 5.88. The number of aromatic nitrogens is 5. The van der Waals surface area contributed by atoms with Crippen molar-refractivity contribution < 1.29 is 18.7 Å². The van der Waals surface area contributed by atoms with E-state index in [1.165, 1.54) is 30.9 Å². The SMILES string of the molecule is CCOC(=O)c1cnc(N2CCC(n3ncc(COc4ccc(N=CNN)cc4F)n3)CC2)nc1. The summed E-state index contributed by atoms with van der Waals surface area (Å²) in [5.41, 5.74) is 3.59. The number of hydrogen-bond donors (Lipinski definition) is 2. The molecule has 0 saturated carbocycles. The number of hydrogen-bond acceptors (Lipinski definition) is 10. The van der Waals surface area contributed by atoms with Gasteiger partial charge in [0.1, 0.15) is 18.6 Å². The molecular weight excluding hydrogens is 457 g/mol. The van der Waals surface area contributed by atoms with E-state index < -0.39 is 11.8 Å². The number of aliphatic imine (C=N–C) groups is 1. The molecule has 3 N–H and O–H groups in total. The van der Waals surface area contributed by atoms with E-state index in [0.29, 0.717) is 29.5 Å². The van der Waals surface area contributed by atoms with Gasteiger partial charge in [-0.25, -0.2) is 30.0 Å². The molecule has 0 bridgehead atoms. The summed E-state index contributed by atoms with van der Waals surface area (Å²) < 4.78 is 24.7. The number of nitrogens with zero attached hydrogens (tertiary/aromatic N) is 7. The van der Waals surface area contributed by atoms with Crippen LogP contribution in [0.15, 0.2) is 41.8 Å². The Kier molecular flexibility index (Phi) is 7.77. The maximum Gasteiger partial charge on any atom is 0.341 e. The number of anilines is 1. The van der Waals surface area contributed by atoms with Gasteiger partial charge in [0.15, 0.2) is 11.6 Å². The predicted molar refractivity (Wildman–Crippen MR) is 125 cm³/mol. The van der Waals surface area contributed by atoms with Crippen molar-refractivity contribution in [2.75, 3.05) is 24.6 Å². The van der Waals surface area contributed by atoms with Crippen LogP contribution in [0.2, 0.25) is 0 Å². The van der Waals surface area contributed by atoms with Gasteiger partial charge in [-0.1, -0.05) is 0 Å². The van der Waals surface area contributed by atoms with Crippen LogP contribution >= 0.6 is 0 Å². The first-order valence-electron chi connectivity index (χ1n) is 11.1. The van der Waals surface area contributed by atoms with E-state index in [4.69, 9.17) is 15.3 Å². The lowest BCUT2D eigenvalue weighted by Gasteiger charge is -2.31. The number of piperidine rings is 1. The van der Waals surface area contributed by atoms with Crippen LogP contribution in [0.4, 0.5) is 16.0 Å².